The van der Waals surface area contributed by atoms with E-state index in [9.17, 15) is 0 Å². The van der Waals surface area contributed by atoms with Crippen molar-refractivity contribution in [3.05, 3.63) is 11.6 Å². The molecule has 4 fully saturated rings. The largest absolute Gasteiger partial charge is 0.384 e. The third-order valence-corrected chi connectivity index (χ3v) is 11.8. The van der Waals surface area contributed by atoms with Crippen LogP contribution in [0.2, 0.25) is 0 Å². The summed E-state index contributed by atoms with van der Waals surface area (Å²) < 4.78 is 18.6. The van der Waals surface area contributed by atoms with Gasteiger partial charge in [-0.05, 0) is 97.7 Å². The molecule has 5 aliphatic rings. The van der Waals surface area contributed by atoms with E-state index in [0.29, 0.717) is 34.7 Å². The van der Waals surface area contributed by atoms with Crippen molar-refractivity contribution in [3.63, 3.8) is 0 Å². The van der Waals surface area contributed by atoms with Crippen molar-refractivity contribution >= 4 is 0 Å². The molecule has 5 rings (SSSR count). The first-order valence-corrected chi connectivity index (χ1v) is 14.1. The fourth-order valence-electron chi connectivity index (χ4n) is 9.96. The average molecular weight is 459 g/mol. The third-order valence-electron chi connectivity index (χ3n) is 11.8. The molecular weight excluding hydrogens is 408 g/mol. The monoisotopic (exact) mass is 458 g/mol. The van der Waals surface area contributed by atoms with Crippen LogP contribution in [-0.2, 0) is 14.2 Å². The maximum Gasteiger partial charge on any atom is 0.171 e. The summed E-state index contributed by atoms with van der Waals surface area (Å²) in [4.78, 5) is 0. The molecule has 0 spiro atoms. The number of hydrogen-bond acceptors (Lipinski definition) is 3. The molecular formula is C30H50O3. The van der Waals surface area contributed by atoms with Gasteiger partial charge in [-0.1, -0.05) is 46.3 Å². The Morgan fingerprint density at radius 2 is 1.91 bits per heavy atom. The van der Waals surface area contributed by atoms with Gasteiger partial charge in [0, 0.05) is 33.2 Å². The summed E-state index contributed by atoms with van der Waals surface area (Å²) in [5, 5.41) is 0. The van der Waals surface area contributed by atoms with Crippen LogP contribution in [0.25, 0.3) is 0 Å². The Balaban J connectivity index is 1.36. The summed E-state index contributed by atoms with van der Waals surface area (Å²) in [5.41, 5.74) is 2.68. The van der Waals surface area contributed by atoms with Crippen LogP contribution in [0.5, 0.6) is 0 Å². The quantitative estimate of drug-likeness (QED) is 0.392. The van der Waals surface area contributed by atoms with Crippen molar-refractivity contribution in [2.75, 3.05) is 20.8 Å². The van der Waals surface area contributed by atoms with Gasteiger partial charge in [-0.15, -0.1) is 0 Å². The Bertz CT molecular complexity index is 762. The van der Waals surface area contributed by atoms with E-state index in [-0.39, 0.29) is 0 Å². The minimum atomic E-state index is -0.409. The van der Waals surface area contributed by atoms with Gasteiger partial charge in [0.2, 0.25) is 0 Å². The number of hydrogen-bond donors (Lipinski definition) is 0. The minimum Gasteiger partial charge on any atom is -0.384 e. The molecule has 1 aliphatic heterocycles. The molecule has 3 nitrogen and oxygen atoms in total. The molecule has 0 bridgehead atoms. The SMILES string of the molecule is COCC(C)CCC1(OC)OC2CC3C4CC=C5CC(C)CCC5(C)C4CCC3(C)C2C1C. The number of allylic oxidation sites excluding steroid dienone is 2. The predicted octanol–water partition coefficient (Wildman–Crippen LogP) is 7.25. The highest BCUT2D eigenvalue weighted by atomic mass is 16.7. The summed E-state index contributed by atoms with van der Waals surface area (Å²) in [7, 11) is 3.68. The van der Waals surface area contributed by atoms with Crippen molar-refractivity contribution in [2.45, 2.75) is 104 Å². The number of rotatable bonds is 6. The van der Waals surface area contributed by atoms with Crippen molar-refractivity contribution in [1.82, 2.24) is 0 Å². The van der Waals surface area contributed by atoms with Crippen LogP contribution in [0.4, 0.5) is 0 Å². The molecule has 4 aliphatic carbocycles. The Morgan fingerprint density at radius 1 is 1.12 bits per heavy atom. The van der Waals surface area contributed by atoms with Crippen molar-refractivity contribution in [3.8, 4) is 0 Å². The van der Waals surface area contributed by atoms with Crippen LogP contribution < -0.4 is 0 Å². The van der Waals surface area contributed by atoms with Crippen molar-refractivity contribution in [2.24, 2.45) is 52.3 Å². The van der Waals surface area contributed by atoms with Gasteiger partial charge in [0.15, 0.2) is 5.79 Å². The van der Waals surface area contributed by atoms with Crippen molar-refractivity contribution < 1.29 is 14.2 Å². The number of methoxy groups -OCH3 is 2. The van der Waals surface area contributed by atoms with Gasteiger partial charge in [0.25, 0.3) is 0 Å². The molecule has 0 aromatic heterocycles. The fourth-order valence-corrected chi connectivity index (χ4v) is 9.96. The fraction of sp³-hybridized carbons (Fsp3) is 0.933. The molecule has 1 heterocycles. The molecule has 0 N–H and O–H groups in total. The maximum atomic E-state index is 6.97. The van der Waals surface area contributed by atoms with E-state index in [4.69, 9.17) is 14.2 Å². The molecule has 33 heavy (non-hydrogen) atoms. The number of ether oxygens (including phenoxy) is 3. The van der Waals surface area contributed by atoms with E-state index in [2.05, 4.69) is 40.7 Å². The zero-order chi connectivity index (χ0) is 23.6. The molecule has 1 saturated heterocycles. The van der Waals surface area contributed by atoms with Crippen LogP contribution in [0.1, 0.15) is 92.4 Å². The maximum absolute atomic E-state index is 6.97. The first kappa shape index (κ1) is 24.3. The van der Waals surface area contributed by atoms with Gasteiger partial charge in [-0.2, -0.15) is 0 Å². The smallest absolute Gasteiger partial charge is 0.171 e. The second-order valence-corrected chi connectivity index (χ2v) is 13.5. The molecule has 3 saturated carbocycles. The summed E-state index contributed by atoms with van der Waals surface area (Å²) in [6, 6.07) is 0. The lowest BCUT2D eigenvalue weighted by atomic mass is 9.46. The lowest BCUT2D eigenvalue weighted by molar-refractivity contribution is -0.238. The van der Waals surface area contributed by atoms with Gasteiger partial charge in [0.05, 0.1) is 6.10 Å². The normalized spacial score (nSPS) is 51.8. The van der Waals surface area contributed by atoms with Crippen molar-refractivity contribution in [1.29, 1.82) is 0 Å². The Labute approximate surface area is 203 Å². The Hall–Kier alpha value is -0.380. The van der Waals surface area contributed by atoms with Crippen LogP contribution >= 0.6 is 0 Å². The lowest BCUT2D eigenvalue weighted by Crippen LogP contribution is -2.51. The summed E-state index contributed by atoms with van der Waals surface area (Å²) >= 11 is 0. The standard InChI is InChI=1S/C30H50O3/c1-19-10-13-28(4)22(16-19)8-9-23-24(28)12-14-29(5)25(23)17-26-27(29)21(3)30(32-7,33-26)15-11-20(2)18-31-6/h8,19-21,23-27H,9-18H2,1-7H3. The van der Waals surface area contributed by atoms with E-state index in [0.717, 1.165) is 43.1 Å². The second kappa shape index (κ2) is 8.63. The lowest BCUT2D eigenvalue weighted by Gasteiger charge is -2.58. The summed E-state index contributed by atoms with van der Waals surface area (Å²) in [5.74, 6) is 4.64. The molecule has 0 radical (unpaired) electrons. The average Bonchev–Trinajstić information content (AvgIpc) is 3.24. The summed E-state index contributed by atoms with van der Waals surface area (Å²) in [6.07, 6.45) is 14.7. The highest BCUT2D eigenvalue weighted by Crippen LogP contribution is 2.70. The van der Waals surface area contributed by atoms with E-state index >= 15 is 0 Å². The van der Waals surface area contributed by atoms with Gasteiger partial charge in [0.1, 0.15) is 0 Å². The van der Waals surface area contributed by atoms with Gasteiger partial charge < -0.3 is 14.2 Å². The van der Waals surface area contributed by atoms with Crippen LogP contribution in [0.3, 0.4) is 0 Å². The molecule has 0 aromatic carbocycles. The highest BCUT2D eigenvalue weighted by Gasteiger charge is 2.68. The first-order chi connectivity index (χ1) is 15.7. The van der Waals surface area contributed by atoms with Crippen LogP contribution in [0, 0.1) is 52.3 Å². The van der Waals surface area contributed by atoms with E-state index < -0.39 is 5.79 Å². The van der Waals surface area contributed by atoms with Crippen LogP contribution in [0.15, 0.2) is 11.6 Å². The Morgan fingerprint density at radius 3 is 2.64 bits per heavy atom. The van der Waals surface area contributed by atoms with E-state index in [1.165, 1.54) is 44.9 Å². The molecule has 0 aromatic rings. The summed E-state index contributed by atoms with van der Waals surface area (Å²) in [6.45, 7) is 13.3. The third kappa shape index (κ3) is 3.61. The molecule has 11 unspecified atom stereocenters. The highest BCUT2D eigenvalue weighted by molar-refractivity contribution is 5.26. The molecule has 0 amide bonds. The van der Waals surface area contributed by atoms with E-state index in [1.807, 2.05) is 12.7 Å². The van der Waals surface area contributed by atoms with Gasteiger partial charge in [-0.25, -0.2) is 0 Å². The minimum absolute atomic E-state index is 0.371. The number of fused-ring (bicyclic) bond motifs is 7. The van der Waals surface area contributed by atoms with Crippen LogP contribution in [-0.4, -0.2) is 32.7 Å². The van der Waals surface area contributed by atoms with E-state index in [1.54, 1.807) is 7.11 Å². The van der Waals surface area contributed by atoms with Gasteiger partial charge >= 0.3 is 0 Å². The second-order valence-electron chi connectivity index (χ2n) is 13.5. The predicted molar refractivity (Wildman–Crippen MR) is 134 cm³/mol. The Kier molecular flexibility index (Phi) is 6.36. The molecule has 11 atom stereocenters. The van der Waals surface area contributed by atoms with Gasteiger partial charge in [-0.3, -0.25) is 0 Å². The molecule has 188 valence electrons. The molecule has 3 heteroatoms. The zero-order valence-electron chi connectivity index (χ0n) is 22.5. The topological polar surface area (TPSA) is 27.7 Å². The first-order valence-electron chi connectivity index (χ1n) is 14.1. The zero-order valence-corrected chi connectivity index (χ0v) is 22.5.